The van der Waals surface area contributed by atoms with Crippen LogP contribution in [0, 0.1) is 0 Å². The fourth-order valence-corrected chi connectivity index (χ4v) is 3.43. The molecule has 2 saturated heterocycles. The van der Waals surface area contributed by atoms with Crippen LogP contribution < -0.4 is 5.32 Å². The predicted molar refractivity (Wildman–Crippen MR) is 70.5 cm³/mol. The highest BCUT2D eigenvalue weighted by atomic mass is 35.5. The number of fused-ring (bicyclic) bond motifs is 2. The maximum atomic E-state index is 5.90. The summed E-state index contributed by atoms with van der Waals surface area (Å²) in [5.74, 6) is 0. The molecule has 2 fully saturated rings. The number of hydrogen-bond acceptors (Lipinski definition) is 3. The van der Waals surface area contributed by atoms with Gasteiger partial charge in [0.1, 0.15) is 5.15 Å². The molecule has 3 heterocycles. The number of nitrogens with one attached hydrogen (secondary N) is 1. The number of piperidine rings is 1. The van der Waals surface area contributed by atoms with Gasteiger partial charge in [-0.2, -0.15) is 0 Å². The van der Waals surface area contributed by atoms with Crippen LogP contribution in [0.5, 0.6) is 0 Å². The maximum Gasteiger partial charge on any atom is 0.131 e. The predicted octanol–water partition coefficient (Wildman–Crippen LogP) is 2.77. The number of aromatic nitrogens is 1. The summed E-state index contributed by atoms with van der Waals surface area (Å²) in [5.41, 5.74) is 1.10. The van der Waals surface area contributed by atoms with Gasteiger partial charge >= 0.3 is 0 Å². The molecule has 2 atom stereocenters. The van der Waals surface area contributed by atoms with E-state index in [2.05, 4.69) is 22.2 Å². The zero-order valence-corrected chi connectivity index (χ0v) is 10.8. The highest BCUT2D eigenvalue weighted by molar-refractivity contribution is 6.29. The Morgan fingerprint density at radius 1 is 1.35 bits per heavy atom. The summed E-state index contributed by atoms with van der Waals surface area (Å²) in [6, 6.07) is 6.02. The number of anilines is 1. The Kier molecular flexibility index (Phi) is 2.97. The molecule has 4 heteroatoms. The van der Waals surface area contributed by atoms with Gasteiger partial charge in [0.25, 0.3) is 0 Å². The van der Waals surface area contributed by atoms with Crippen molar-refractivity contribution in [3.05, 3.63) is 23.5 Å². The van der Waals surface area contributed by atoms with Gasteiger partial charge in [-0.25, -0.2) is 4.98 Å². The van der Waals surface area contributed by atoms with E-state index in [0.29, 0.717) is 11.2 Å². The van der Waals surface area contributed by atoms with Crippen molar-refractivity contribution in [2.45, 2.75) is 43.8 Å². The average Bonchev–Trinajstić information content (AvgIpc) is 2.52. The molecule has 92 valence electrons. The summed E-state index contributed by atoms with van der Waals surface area (Å²) in [4.78, 5) is 6.56. The van der Waals surface area contributed by atoms with Gasteiger partial charge < -0.3 is 10.2 Å². The van der Waals surface area contributed by atoms with Crippen LogP contribution in [0.1, 0.15) is 25.7 Å². The van der Waals surface area contributed by atoms with Gasteiger partial charge in [-0.05, 0) is 44.9 Å². The van der Waals surface area contributed by atoms with Gasteiger partial charge in [0.05, 0.1) is 0 Å². The Hall–Kier alpha value is -0.800. The van der Waals surface area contributed by atoms with Crippen LogP contribution >= 0.6 is 11.6 Å². The quantitative estimate of drug-likeness (QED) is 0.820. The van der Waals surface area contributed by atoms with Gasteiger partial charge in [0.2, 0.25) is 0 Å². The van der Waals surface area contributed by atoms with Crippen molar-refractivity contribution in [3.63, 3.8) is 0 Å². The number of rotatable bonds is 2. The molecule has 0 aliphatic carbocycles. The van der Waals surface area contributed by atoms with E-state index in [1.165, 1.54) is 25.7 Å². The number of nitrogens with zero attached hydrogens (tertiary/aromatic N) is 2. The Bertz CT molecular complexity index is 395. The molecule has 2 aliphatic rings. The van der Waals surface area contributed by atoms with Gasteiger partial charge in [0.15, 0.2) is 0 Å². The number of hydrogen-bond donors (Lipinski definition) is 1. The Morgan fingerprint density at radius 2 is 2.06 bits per heavy atom. The molecule has 1 aromatic heterocycles. The molecule has 1 N–H and O–H groups in total. The summed E-state index contributed by atoms with van der Waals surface area (Å²) in [7, 11) is 2.27. The van der Waals surface area contributed by atoms with E-state index in [9.17, 15) is 0 Å². The van der Waals surface area contributed by atoms with E-state index >= 15 is 0 Å². The molecule has 2 unspecified atom stereocenters. The molecular formula is C13H18ClN3. The third-order valence-corrected chi connectivity index (χ3v) is 4.40. The van der Waals surface area contributed by atoms with E-state index in [1.807, 2.05) is 12.1 Å². The van der Waals surface area contributed by atoms with Crippen molar-refractivity contribution in [3.8, 4) is 0 Å². The first kappa shape index (κ1) is 11.3. The van der Waals surface area contributed by atoms with Gasteiger partial charge in [-0.15, -0.1) is 0 Å². The number of pyridine rings is 1. The summed E-state index contributed by atoms with van der Waals surface area (Å²) in [6.07, 6.45) is 6.96. The van der Waals surface area contributed by atoms with E-state index in [0.717, 1.165) is 17.8 Å². The molecule has 0 saturated carbocycles. The lowest BCUT2D eigenvalue weighted by atomic mass is 9.98. The van der Waals surface area contributed by atoms with Crippen molar-refractivity contribution < 1.29 is 0 Å². The lowest BCUT2D eigenvalue weighted by Gasteiger charge is -2.37. The highest BCUT2D eigenvalue weighted by Gasteiger charge is 2.38. The molecule has 1 aromatic rings. The zero-order valence-electron chi connectivity index (χ0n) is 10.1. The second-order valence-electron chi connectivity index (χ2n) is 5.23. The van der Waals surface area contributed by atoms with E-state index in [-0.39, 0.29) is 0 Å². The molecular weight excluding hydrogens is 234 g/mol. The van der Waals surface area contributed by atoms with E-state index < -0.39 is 0 Å². The lowest BCUT2D eigenvalue weighted by molar-refractivity contribution is 0.169. The minimum absolute atomic E-state index is 0.561. The van der Waals surface area contributed by atoms with Gasteiger partial charge in [-0.3, -0.25) is 0 Å². The summed E-state index contributed by atoms with van der Waals surface area (Å²) in [6.45, 7) is 0. The standard InChI is InChI=1S/C13H18ClN3/c1-17-11-2-3-12(17)7-10(6-11)16-9-4-5-15-13(14)8-9/h4-5,8,10-12H,2-3,6-7H2,1H3,(H,15,16). The largest absolute Gasteiger partial charge is 0.382 e. The fourth-order valence-electron chi connectivity index (χ4n) is 3.26. The second-order valence-corrected chi connectivity index (χ2v) is 5.62. The summed E-state index contributed by atoms with van der Waals surface area (Å²) < 4.78 is 0. The highest BCUT2D eigenvalue weighted by Crippen LogP contribution is 2.35. The normalized spacial score (nSPS) is 32.7. The Morgan fingerprint density at radius 3 is 2.71 bits per heavy atom. The molecule has 0 aromatic carbocycles. The first-order valence-corrected chi connectivity index (χ1v) is 6.70. The maximum absolute atomic E-state index is 5.90. The van der Waals surface area contributed by atoms with Crippen molar-refractivity contribution in [1.29, 1.82) is 0 Å². The molecule has 0 amide bonds. The minimum Gasteiger partial charge on any atom is -0.382 e. The zero-order chi connectivity index (χ0) is 11.8. The van der Waals surface area contributed by atoms with Crippen molar-refractivity contribution in [2.75, 3.05) is 12.4 Å². The van der Waals surface area contributed by atoms with Crippen LogP contribution in [0.2, 0.25) is 5.15 Å². The third kappa shape index (κ3) is 2.26. The van der Waals surface area contributed by atoms with Crippen LogP contribution in [0.4, 0.5) is 5.69 Å². The lowest BCUT2D eigenvalue weighted by Crippen LogP contribution is -2.44. The van der Waals surface area contributed by atoms with Crippen LogP contribution in [0.25, 0.3) is 0 Å². The fraction of sp³-hybridized carbons (Fsp3) is 0.615. The van der Waals surface area contributed by atoms with Crippen molar-refractivity contribution >= 4 is 17.3 Å². The molecule has 17 heavy (non-hydrogen) atoms. The molecule has 0 spiro atoms. The van der Waals surface area contributed by atoms with Crippen LogP contribution in [-0.4, -0.2) is 35.1 Å². The topological polar surface area (TPSA) is 28.2 Å². The molecule has 2 bridgehead atoms. The van der Waals surface area contributed by atoms with Gasteiger partial charge in [0, 0.05) is 30.0 Å². The second kappa shape index (κ2) is 4.46. The SMILES string of the molecule is CN1C2CCC1CC(Nc1ccnc(Cl)c1)C2. The summed E-state index contributed by atoms with van der Waals surface area (Å²) in [5, 5.41) is 4.15. The minimum atomic E-state index is 0.561. The Balaban J connectivity index is 1.67. The Labute approximate surface area is 107 Å². The smallest absolute Gasteiger partial charge is 0.131 e. The van der Waals surface area contributed by atoms with E-state index in [1.54, 1.807) is 6.20 Å². The number of halogens is 1. The van der Waals surface area contributed by atoms with Crippen LogP contribution in [0.3, 0.4) is 0 Å². The molecule has 0 radical (unpaired) electrons. The van der Waals surface area contributed by atoms with E-state index in [4.69, 9.17) is 11.6 Å². The first-order valence-electron chi connectivity index (χ1n) is 6.32. The van der Waals surface area contributed by atoms with Crippen molar-refractivity contribution in [1.82, 2.24) is 9.88 Å². The van der Waals surface area contributed by atoms with Crippen LogP contribution in [0.15, 0.2) is 18.3 Å². The molecule has 2 aliphatic heterocycles. The van der Waals surface area contributed by atoms with Crippen LogP contribution in [-0.2, 0) is 0 Å². The van der Waals surface area contributed by atoms with Gasteiger partial charge in [-0.1, -0.05) is 11.6 Å². The first-order chi connectivity index (χ1) is 8.22. The third-order valence-electron chi connectivity index (χ3n) is 4.20. The molecule has 3 rings (SSSR count). The van der Waals surface area contributed by atoms with Crippen molar-refractivity contribution in [2.24, 2.45) is 0 Å². The summed E-state index contributed by atoms with van der Waals surface area (Å²) >= 11 is 5.90. The monoisotopic (exact) mass is 251 g/mol. The molecule has 3 nitrogen and oxygen atoms in total. The average molecular weight is 252 g/mol.